The maximum atomic E-state index is 3.97. The molecular weight excluding hydrogens is 222 g/mol. The molecule has 0 spiro atoms. The monoisotopic (exact) mass is 251 g/mol. The summed E-state index contributed by atoms with van der Waals surface area (Å²) in [4.78, 5) is 5.14. The molecule has 0 amide bonds. The average Bonchev–Trinajstić information content (AvgIpc) is 2.30. The minimum atomic E-state index is 0.748. The first-order chi connectivity index (χ1) is 8.72. The van der Waals surface area contributed by atoms with Crippen molar-refractivity contribution < 1.29 is 0 Å². The molecule has 0 aromatic carbocycles. The van der Waals surface area contributed by atoms with E-state index in [4.69, 9.17) is 0 Å². The number of hydrogen-bond acceptors (Lipinski definition) is 3. The van der Waals surface area contributed by atoms with E-state index in [0.29, 0.717) is 0 Å². The van der Waals surface area contributed by atoms with Crippen molar-refractivity contribution in [3.8, 4) is 0 Å². The van der Waals surface area contributed by atoms with Crippen LogP contribution in [-0.2, 0) is 0 Å². The van der Waals surface area contributed by atoms with Crippen LogP contribution in [0.15, 0.2) is 0 Å². The lowest BCUT2D eigenvalue weighted by atomic mass is 9.82. The molecule has 3 nitrogen and oxygen atoms in total. The Morgan fingerprint density at radius 3 is 2.28 bits per heavy atom. The first-order valence-corrected chi connectivity index (χ1v) is 7.89. The lowest BCUT2D eigenvalue weighted by Gasteiger charge is -2.48. The van der Waals surface area contributed by atoms with Crippen LogP contribution in [0.25, 0.3) is 0 Å². The number of rotatable bonds is 2. The van der Waals surface area contributed by atoms with Gasteiger partial charge in [0.15, 0.2) is 0 Å². The van der Waals surface area contributed by atoms with Crippen LogP contribution in [0.2, 0.25) is 0 Å². The largest absolute Gasteiger partial charge is 0.310 e. The molecular formula is C15H29N3. The molecule has 3 heterocycles. The summed E-state index contributed by atoms with van der Waals surface area (Å²) in [7, 11) is 4.61. The number of nitrogens with one attached hydrogen (secondary N) is 1. The molecule has 3 heteroatoms. The van der Waals surface area contributed by atoms with E-state index >= 15 is 0 Å². The summed E-state index contributed by atoms with van der Waals surface area (Å²) >= 11 is 0. The number of fused-ring (bicyclic) bond motifs is 2. The Kier molecular flexibility index (Phi) is 3.92. The predicted octanol–water partition coefficient (Wildman–Crippen LogP) is 1.69. The maximum absolute atomic E-state index is 3.97. The summed E-state index contributed by atoms with van der Waals surface area (Å²) in [6.07, 6.45) is 9.82. The summed E-state index contributed by atoms with van der Waals surface area (Å²) in [6, 6.07) is 3.25. The molecule has 1 N–H and O–H groups in total. The van der Waals surface area contributed by atoms with Crippen molar-refractivity contribution in [2.75, 3.05) is 27.2 Å². The lowest BCUT2D eigenvalue weighted by Crippen LogP contribution is -2.57. The summed E-state index contributed by atoms with van der Waals surface area (Å²) in [5.41, 5.74) is 0. The normalized spacial score (nSPS) is 43.0. The Balaban J connectivity index is 1.54. The topological polar surface area (TPSA) is 18.5 Å². The predicted molar refractivity (Wildman–Crippen MR) is 75.9 cm³/mol. The first-order valence-electron chi connectivity index (χ1n) is 7.89. The van der Waals surface area contributed by atoms with Gasteiger partial charge < -0.3 is 15.1 Å². The van der Waals surface area contributed by atoms with E-state index in [2.05, 4.69) is 29.2 Å². The molecule has 0 aliphatic carbocycles. The highest BCUT2D eigenvalue weighted by molar-refractivity contribution is 4.95. The van der Waals surface area contributed by atoms with Crippen molar-refractivity contribution in [2.24, 2.45) is 0 Å². The van der Waals surface area contributed by atoms with Gasteiger partial charge >= 0.3 is 0 Å². The van der Waals surface area contributed by atoms with E-state index in [1.165, 1.54) is 58.0 Å². The molecule has 0 aromatic heterocycles. The summed E-state index contributed by atoms with van der Waals surface area (Å²) in [5.74, 6) is 0. The highest BCUT2D eigenvalue weighted by atomic mass is 15.2. The van der Waals surface area contributed by atoms with Gasteiger partial charge in [0.05, 0.1) is 0 Å². The molecule has 3 atom stereocenters. The van der Waals surface area contributed by atoms with Crippen LogP contribution in [0.3, 0.4) is 0 Å². The van der Waals surface area contributed by atoms with Gasteiger partial charge in [-0.05, 0) is 59.2 Å². The third-order valence-electron chi connectivity index (χ3n) is 5.44. The number of nitrogens with zero attached hydrogens (tertiary/aromatic N) is 2. The molecule has 0 saturated carbocycles. The number of likely N-dealkylation sites (tertiary alicyclic amines) is 1. The van der Waals surface area contributed by atoms with Crippen molar-refractivity contribution in [3.05, 3.63) is 0 Å². The van der Waals surface area contributed by atoms with Crippen molar-refractivity contribution in [1.82, 2.24) is 15.1 Å². The van der Waals surface area contributed by atoms with E-state index in [-0.39, 0.29) is 0 Å². The first kappa shape index (κ1) is 12.9. The van der Waals surface area contributed by atoms with Crippen LogP contribution >= 0.6 is 0 Å². The summed E-state index contributed by atoms with van der Waals surface area (Å²) < 4.78 is 0. The van der Waals surface area contributed by atoms with Gasteiger partial charge in [-0.2, -0.15) is 0 Å². The fourth-order valence-corrected chi connectivity index (χ4v) is 4.39. The zero-order chi connectivity index (χ0) is 12.5. The van der Waals surface area contributed by atoms with Gasteiger partial charge in [0.1, 0.15) is 0 Å². The zero-order valence-corrected chi connectivity index (χ0v) is 12.1. The minimum absolute atomic E-state index is 0.748. The molecule has 18 heavy (non-hydrogen) atoms. The Hall–Kier alpha value is -0.120. The van der Waals surface area contributed by atoms with Gasteiger partial charge in [-0.1, -0.05) is 6.42 Å². The summed E-state index contributed by atoms with van der Waals surface area (Å²) in [5, 5.41) is 3.97. The van der Waals surface area contributed by atoms with E-state index in [1.807, 2.05) is 0 Å². The number of likely N-dealkylation sites (N-methyl/N-ethyl adjacent to an activating group) is 1. The third-order valence-corrected chi connectivity index (χ3v) is 5.44. The van der Waals surface area contributed by atoms with Crippen LogP contribution in [0.5, 0.6) is 0 Å². The molecule has 3 rings (SSSR count). The fraction of sp³-hybridized carbons (Fsp3) is 1.00. The molecule has 0 aromatic rings. The maximum Gasteiger partial charge on any atom is 0.0197 e. The van der Waals surface area contributed by atoms with Crippen LogP contribution in [-0.4, -0.2) is 61.2 Å². The van der Waals surface area contributed by atoms with Gasteiger partial charge in [0.2, 0.25) is 0 Å². The second-order valence-electron chi connectivity index (χ2n) is 6.84. The van der Waals surface area contributed by atoms with Crippen LogP contribution < -0.4 is 5.32 Å². The standard InChI is InChI=1S/C15H29N3/c1-17-8-4-5-12(11-17)16-13-9-14-6-3-7-15(10-13)18(14)2/h12-16H,3-11H2,1-2H3. The van der Waals surface area contributed by atoms with Gasteiger partial charge in [0.25, 0.3) is 0 Å². The second-order valence-corrected chi connectivity index (χ2v) is 6.84. The number of hydrogen-bond donors (Lipinski definition) is 1. The smallest absolute Gasteiger partial charge is 0.0197 e. The van der Waals surface area contributed by atoms with Gasteiger partial charge in [-0.15, -0.1) is 0 Å². The number of piperidine rings is 3. The van der Waals surface area contributed by atoms with E-state index in [1.54, 1.807) is 0 Å². The molecule has 3 unspecified atom stereocenters. The third kappa shape index (κ3) is 2.73. The van der Waals surface area contributed by atoms with Gasteiger partial charge in [-0.3, -0.25) is 0 Å². The zero-order valence-electron chi connectivity index (χ0n) is 12.1. The molecule has 3 fully saturated rings. The summed E-state index contributed by atoms with van der Waals surface area (Å²) in [6.45, 7) is 2.54. The minimum Gasteiger partial charge on any atom is -0.310 e. The van der Waals surface area contributed by atoms with Crippen molar-refractivity contribution in [1.29, 1.82) is 0 Å². The molecule has 3 aliphatic rings. The molecule has 3 saturated heterocycles. The molecule has 0 radical (unpaired) electrons. The van der Waals surface area contributed by atoms with Gasteiger partial charge in [0, 0.05) is 30.7 Å². The average molecular weight is 251 g/mol. The van der Waals surface area contributed by atoms with Crippen LogP contribution in [0.4, 0.5) is 0 Å². The molecule has 2 bridgehead atoms. The van der Waals surface area contributed by atoms with Crippen molar-refractivity contribution >= 4 is 0 Å². The second kappa shape index (κ2) is 5.48. The molecule has 3 aliphatic heterocycles. The molecule has 104 valence electrons. The van der Waals surface area contributed by atoms with E-state index in [0.717, 1.165) is 24.2 Å². The van der Waals surface area contributed by atoms with Crippen LogP contribution in [0.1, 0.15) is 44.9 Å². The highest BCUT2D eigenvalue weighted by Gasteiger charge is 2.36. The SMILES string of the molecule is CN1CCCC(NC2CC3CCCC(C2)N3C)C1. The Morgan fingerprint density at radius 1 is 0.889 bits per heavy atom. The Morgan fingerprint density at radius 2 is 1.61 bits per heavy atom. The van der Waals surface area contributed by atoms with Crippen molar-refractivity contribution in [3.63, 3.8) is 0 Å². The van der Waals surface area contributed by atoms with Gasteiger partial charge in [-0.25, -0.2) is 0 Å². The van der Waals surface area contributed by atoms with E-state index in [9.17, 15) is 0 Å². The Labute approximate surface area is 112 Å². The Bertz CT molecular complexity index is 267. The lowest BCUT2D eigenvalue weighted by molar-refractivity contribution is 0.0427. The fourth-order valence-electron chi connectivity index (χ4n) is 4.39. The van der Waals surface area contributed by atoms with Crippen molar-refractivity contribution in [2.45, 2.75) is 69.1 Å². The van der Waals surface area contributed by atoms with Crippen LogP contribution in [0, 0.1) is 0 Å². The highest BCUT2D eigenvalue weighted by Crippen LogP contribution is 2.33. The quantitative estimate of drug-likeness (QED) is 0.806. The van der Waals surface area contributed by atoms with E-state index < -0.39 is 0 Å².